The van der Waals surface area contributed by atoms with Crippen molar-refractivity contribution in [2.75, 3.05) is 13.0 Å². The Labute approximate surface area is 81.0 Å². The third-order valence-corrected chi connectivity index (χ3v) is 2.34. The zero-order valence-electron chi connectivity index (χ0n) is 6.75. The van der Waals surface area contributed by atoms with E-state index in [-0.39, 0.29) is 5.97 Å². The monoisotopic (exact) mass is 207 g/mol. The van der Waals surface area contributed by atoms with Gasteiger partial charge in [-0.05, 0) is 24.6 Å². The highest BCUT2D eigenvalue weighted by molar-refractivity contribution is 8.04. The fourth-order valence-electron chi connectivity index (χ4n) is 0.683. The van der Waals surface area contributed by atoms with E-state index >= 15 is 0 Å². The van der Waals surface area contributed by atoms with E-state index in [4.69, 9.17) is 16.9 Å². The molecule has 0 bridgehead atoms. The molecule has 0 aliphatic carbocycles. The maximum Gasteiger partial charge on any atom is 0.319 e. The summed E-state index contributed by atoms with van der Waals surface area (Å²) in [4.78, 5) is 11.0. The number of nitriles is 1. The molecule has 0 N–H and O–H groups in total. The Morgan fingerprint density at radius 1 is 1.83 bits per heavy atom. The molecule has 0 saturated carbocycles. The van der Waals surface area contributed by atoms with Crippen LogP contribution in [0.4, 0.5) is 0 Å². The number of thioether (sulfide) groups is 1. The van der Waals surface area contributed by atoms with Crippen LogP contribution in [-0.2, 0) is 9.53 Å². The van der Waals surface area contributed by atoms with E-state index in [0.29, 0.717) is 12.3 Å². The third kappa shape index (κ3) is 4.47. The first kappa shape index (κ1) is 11.6. The van der Waals surface area contributed by atoms with Gasteiger partial charge in [-0.2, -0.15) is 5.26 Å². The van der Waals surface area contributed by atoms with Crippen LogP contribution < -0.4 is 0 Å². The van der Waals surface area contributed by atoms with Crippen molar-refractivity contribution in [1.82, 2.24) is 0 Å². The van der Waals surface area contributed by atoms with Crippen molar-refractivity contribution in [1.29, 1.82) is 5.26 Å². The Morgan fingerprint density at radius 3 is 2.92 bits per heavy atom. The molecule has 0 fully saturated rings. The van der Waals surface area contributed by atoms with Gasteiger partial charge in [-0.3, -0.25) is 4.79 Å². The van der Waals surface area contributed by atoms with E-state index in [2.05, 4.69) is 4.74 Å². The number of nitrogens with zero attached hydrogens (tertiary/aromatic N) is 1. The van der Waals surface area contributed by atoms with Crippen LogP contribution in [-0.4, -0.2) is 24.2 Å². The average Bonchev–Trinajstić information content (AvgIpc) is 2.11. The molecule has 0 amide bonds. The first-order chi connectivity index (χ1) is 5.76. The van der Waals surface area contributed by atoms with Crippen molar-refractivity contribution in [2.45, 2.75) is 18.1 Å². The lowest BCUT2D eigenvalue weighted by Crippen LogP contribution is -2.18. The molecule has 0 radical (unpaired) electrons. The number of carbonyl (C=O) groups is 1. The second-order valence-corrected chi connectivity index (χ2v) is 3.42. The summed E-state index contributed by atoms with van der Waals surface area (Å²) in [7, 11) is 1.31. The molecule has 0 aromatic carbocycles. The maximum absolute atomic E-state index is 11.0. The van der Waals surface area contributed by atoms with Crippen molar-refractivity contribution in [2.24, 2.45) is 0 Å². The zero-order chi connectivity index (χ0) is 9.40. The van der Waals surface area contributed by atoms with Crippen molar-refractivity contribution in [3.05, 3.63) is 0 Å². The van der Waals surface area contributed by atoms with Crippen LogP contribution in [0.3, 0.4) is 0 Å². The third-order valence-electron chi connectivity index (χ3n) is 1.26. The molecule has 5 heteroatoms. The molecule has 0 aliphatic rings. The summed E-state index contributed by atoms with van der Waals surface area (Å²) in [6.07, 6.45) is 1.31. The standard InChI is InChI=1S/C7H10ClNO2S/c1-11-7(10)6(12-5-9)3-2-4-8/h6H,2-4H2,1H3. The van der Waals surface area contributed by atoms with E-state index in [1.165, 1.54) is 7.11 Å². The number of methoxy groups -OCH3 is 1. The van der Waals surface area contributed by atoms with E-state index < -0.39 is 5.25 Å². The summed E-state index contributed by atoms with van der Waals surface area (Å²) in [5.41, 5.74) is 0. The fraction of sp³-hybridized carbons (Fsp3) is 0.714. The Kier molecular flexibility index (Phi) is 7.02. The highest BCUT2D eigenvalue weighted by Gasteiger charge is 2.18. The zero-order valence-corrected chi connectivity index (χ0v) is 8.32. The highest BCUT2D eigenvalue weighted by Crippen LogP contribution is 2.16. The number of esters is 1. The van der Waals surface area contributed by atoms with Crippen molar-refractivity contribution in [3.8, 4) is 5.40 Å². The first-order valence-electron chi connectivity index (χ1n) is 3.44. The van der Waals surface area contributed by atoms with Crippen LogP contribution in [0.25, 0.3) is 0 Å². The Balaban J connectivity index is 3.87. The predicted octanol–water partition coefficient (Wildman–Crippen LogP) is 1.76. The Bertz CT molecular complexity index is 181. The minimum Gasteiger partial charge on any atom is -0.468 e. The van der Waals surface area contributed by atoms with Gasteiger partial charge < -0.3 is 4.74 Å². The number of hydrogen-bond donors (Lipinski definition) is 0. The second-order valence-electron chi connectivity index (χ2n) is 2.05. The largest absolute Gasteiger partial charge is 0.468 e. The second kappa shape index (κ2) is 7.26. The molecular formula is C7H10ClNO2S. The van der Waals surface area contributed by atoms with Gasteiger partial charge in [0.15, 0.2) is 0 Å². The van der Waals surface area contributed by atoms with Gasteiger partial charge in [-0.15, -0.1) is 11.6 Å². The first-order valence-corrected chi connectivity index (χ1v) is 4.86. The van der Waals surface area contributed by atoms with E-state index in [9.17, 15) is 4.79 Å². The fourth-order valence-corrected chi connectivity index (χ4v) is 1.44. The smallest absolute Gasteiger partial charge is 0.319 e. The minimum absolute atomic E-state index is 0.355. The predicted molar refractivity (Wildman–Crippen MR) is 49.0 cm³/mol. The highest BCUT2D eigenvalue weighted by atomic mass is 35.5. The summed E-state index contributed by atoms with van der Waals surface area (Å²) in [6, 6.07) is 0. The number of carbonyl (C=O) groups excluding carboxylic acids is 1. The lowest BCUT2D eigenvalue weighted by Gasteiger charge is -2.08. The van der Waals surface area contributed by atoms with Gasteiger partial charge in [0.25, 0.3) is 0 Å². The van der Waals surface area contributed by atoms with Crippen LogP contribution in [0.15, 0.2) is 0 Å². The van der Waals surface area contributed by atoms with E-state index in [0.717, 1.165) is 18.2 Å². The number of alkyl halides is 1. The lowest BCUT2D eigenvalue weighted by molar-refractivity contribution is -0.140. The van der Waals surface area contributed by atoms with Gasteiger partial charge in [-0.25, -0.2) is 0 Å². The topological polar surface area (TPSA) is 50.1 Å². The van der Waals surface area contributed by atoms with Crippen LogP contribution in [0, 0.1) is 10.7 Å². The average molecular weight is 208 g/mol. The van der Waals surface area contributed by atoms with Gasteiger partial charge in [0.2, 0.25) is 0 Å². The lowest BCUT2D eigenvalue weighted by atomic mass is 10.2. The Hall–Kier alpha value is -0.400. The minimum atomic E-state index is -0.390. The van der Waals surface area contributed by atoms with Gasteiger partial charge in [0.05, 0.1) is 7.11 Å². The molecule has 0 saturated heterocycles. The Morgan fingerprint density at radius 2 is 2.50 bits per heavy atom. The number of halogens is 1. The molecule has 0 heterocycles. The van der Waals surface area contributed by atoms with Crippen LogP contribution >= 0.6 is 23.4 Å². The summed E-state index contributed by atoms with van der Waals surface area (Å²) in [5, 5.41) is 9.83. The number of hydrogen-bond acceptors (Lipinski definition) is 4. The summed E-state index contributed by atoms with van der Waals surface area (Å²) in [6.45, 7) is 0. The SMILES string of the molecule is COC(=O)C(CCCCl)SC#N. The van der Waals surface area contributed by atoms with E-state index in [1.54, 1.807) is 0 Å². The van der Waals surface area contributed by atoms with Crippen molar-refractivity contribution < 1.29 is 9.53 Å². The van der Waals surface area contributed by atoms with E-state index in [1.807, 2.05) is 5.40 Å². The van der Waals surface area contributed by atoms with Gasteiger partial charge >= 0.3 is 5.97 Å². The summed E-state index contributed by atoms with van der Waals surface area (Å²) < 4.78 is 4.51. The molecule has 1 atom stereocenters. The number of ether oxygens (including phenoxy) is 1. The molecule has 3 nitrogen and oxygen atoms in total. The van der Waals surface area contributed by atoms with Crippen molar-refractivity contribution in [3.63, 3.8) is 0 Å². The molecule has 0 rings (SSSR count). The molecule has 1 unspecified atom stereocenters. The van der Waals surface area contributed by atoms with Gasteiger partial charge in [0.1, 0.15) is 10.7 Å². The maximum atomic E-state index is 11.0. The van der Waals surface area contributed by atoms with Gasteiger partial charge in [-0.1, -0.05) is 0 Å². The van der Waals surface area contributed by atoms with Crippen LogP contribution in [0.2, 0.25) is 0 Å². The molecule has 12 heavy (non-hydrogen) atoms. The number of rotatable bonds is 5. The molecule has 0 aromatic rings. The van der Waals surface area contributed by atoms with Crippen LogP contribution in [0.1, 0.15) is 12.8 Å². The summed E-state index contributed by atoms with van der Waals surface area (Å²) in [5.74, 6) is 0.145. The summed E-state index contributed by atoms with van der Waals surface area (Å²) >= 11 is 6.37. The van der Waals surface area contributed by atoms with Crippen LogP contribution in [0.5, 0.6) is 0 Å². The normalized spacial score (nSPS) is 11.8. The van der Waals surface area contributed by atoms with Gasteiger partial charge in [0, 0.05) is 5.88 Å². The quantitative estimate of drug-likeness (QED) is 0.392. The molecule has 0 aliphatic heterocycles. The van der Waals surface area contributed by atoms with Crippen molar-refractivity contribution >= 4 is 29.3 Å². The molecule has 0 aromatic heterocycles. The molecule has 0 spiro atoms. The number of thiocyanates is 1. The molecular weight excluding hydrogens is 198 g/mol. The molecule has 68 valence electrons.